The number of nitro groups is 1. The first-order valence-corrected chi connectivity index (χ1v) is 10.0. The van der Waals surface area contributed by atoms with Crippen LogP contribution in [0.5, 0.6) is 0 Å². The van der Waals surface area contributed by atoms with Crippen molar-refractivity contribution in [2.24, 2.45) is 0 Å². The number of nitro benzene ring substituents is 1. The summed E-state index contributed by atoms with van der Waals surface area (Å²) in [5, 5.41) is 14.3. The Morgan fingerprint density at radius 3 is 2.57 bits per heavy atom. The summed E-state index contributed by atoms with van der Waals surface area (Å²) in [6, 6.07) is 13.2. The van der Waals surface area contributed by atoms with Crippen LogP contribution in [-0.4, -0.2) is 23.9 Å². The molecule has 1 aliphatic heterocycles. The molecule has 1 aromatic heterocycles. The number of halogens is 1. The molecule has 0 aliphatic carbocycles. The van der Waals surface area contributed by atoms with E-state index >= 15 is 0 Å². The molecule has 2 heterocycles. The number of non-ortho nitro benzene ring substituents is 1. The summed E-state index contributed by atoms with van der Waals surface area (Å²) in [6.45, 7) is 3.74. The average Bonchev–Trinajstić information content (AvgIpc) is 3.40. The molecule has 30 heavy (non-hydrogen) atoms. The fourth-order valence-electron chi connectivity index (χ4n) is 3.63. The average molecular weight is 426 g/mol. The number of hydrogen-bond acceptors (Lipinski definition) is 5. The van der Waals surface area contributed by atoms with Crippen molar-refractivity contribution in [2.45, 2.75) is 19.8 Å². The Labute approximate surface area is 178 Å². The maximum absolute atomic E-state index is 12.6. The number of hydrogen-bond donors (Lipinski definition) is 1. The smallest absolute Gasteiger partial charge is 0.291 e. The van der Waals surface area contributed by atoms with Crippen LogP contribution in [0.25, 0.3) is 11.3 Å². The number of aryl methyl sites for hydroxylation is 1. The predicted molar refractivity (Wildman–Crippen MR) is 116 cm³/mol. The number of furan rings is 1. The highest BCUT2D eigenvalue weighted by Gasteiger charge is 2.18. The van der Waals surface area contributed by atoms with Gasteiger partial charge in [-0.25, -0.2) is 0 Å². The van der Waals surface area contributed by atoms with Gasteiger partial charge < -0.3 is 14.6 Å². The summed E-state index contributed by atoms with van der Waals surface area (Å²) in [7, 11) is 0. The number of carbonyl (C=O) groups is 1. The summed E-state index contributed by atoms with van der Waals surface area (Å²) in [5.41, 5.74) is 2.95. The lowest BCUT2D eigenvalue weighted by molar-refractivity contribution is -0.384. The lowest BCUT2D eigenvalue weighted by Crippen LogP contribution is -2.18. The van der Waals surface area contributed by atoms with Crippen LogP contribution in [-0.2, 0) is 0 Å². The molecule has 154 valence electrons. The van der Waals surface area contributed by atoms with Gasteiger partial charge in [0.05, 0.1) is 15.6 Å². The molecule has 0 bridgehead atoms. The molecule has 1 saturated heterocycles. The zero-order valence-electron chi connectivity index (χ0n) is 16.4. The Morgan fingerprint density at radius 2 is 1.90 bits per heavy atom. The molecule has 2 aromatic carbocycles. The van der Waals surface area contributed by atoms with Crippen molar-refractivity contribution in [3.63, 3.8) is 0 Å². The Balaban J connectivity index is 1.49. The van der Waals surface area contributed by atoms with E-state index in [9.17, 15) is 14.9 Å². The van der Waals surface area contributed by atoms with Crippen LogP contribution in [0.3, 0.4) is 0 Å². The van der Waals surface area contributed by atoms with Gasteiger partial charge in [-0.05, 0) is 61.7 Å². The minimum Gasteiger partial charge on any atom is -0.451 e. The van der Waals surface area contributed by atoms with Gasteiger partial charge >= 0.3 is 0 Å². The van der Waals surface area contributed by atoms with Crippen LogP contribution in [0, 0.1) is 17.0 Å². The highest BCUT2D eigenvalue weighted by molar-refractivity contribution is 6.33. The molecule has 8 heteroatoms. The highest BCUT2D eigenvalue weighted by Crippen LogP contribution is 2.32. The number of rotatable bonds is 5. The molecular formula is C22H20ClN3O4. The molecule has 7 nitrogen and oxygen atoms in total. The molecule has 0 saturated carbocycles. The predicted octanol–water partition coefficient (Wildman–Crippen LogP) is 5.67. The Hall–Kier alpha value is -3.32. The van der Waals surface area contributed by atoms with Crippen molar-refractivity contribution in [1.82, 2.24) is 0 Å². The molecule has 0 spiro atoms. The first-order valence-electron chi connectivity index (χ1n) is 9.63. The summed E-state index contributed by atoms with van der Waals surface area (Å²) in [4.78, 5) is 25.3. The van der Waals surface area contributed by atoms with Gasteiger partial charge in [0.25, 0.3) is 11.6 Å². The van der Waals surface area contributed by atoms with E-state index in [0.717, 1.165) is 31.6 Å². The van der Waals surface area contributed by atoms with Gasteiger partial charge in [-0.3, -0.25) is 14.9 Å². The quantitative estimate of drug-likeness (QED) is 0.420. The van der Waals surface area contributed by atoms with E-state index < -0.39 is 10.8 Å². The van der Waals surface area contributed by atoms with E-state index in [0.29, 0.717) is 27.6 Å². The van der Waals surface area contributed by atoms with Crippen molar-refractivity contribution >= 4 is 34.6 Å². The second-order valence-electron chi connectivity index (χ2n) is 7.23. The molecule has 1 fully saturated rings. The SMILES string of the molecule is Cc1cc([N+](=O)[O-])ccc1-c1ccc(C(=O)Nc2ccc(N3CCCC3)c(Cl)c2)o1. The molecule has 1 amide bonds. The second kappa shape index (κ2) is 8.20. The van der Waals surface area contributed by atoms with E-state index in [1.54, 1.807) is 31.2 Å². The second-order valence-corrected chi connectivity index (χ2v) is 7.64. The monoisotopic (exact) mass is 425 g/mol. The third-order valence-corrected chi connectivity index (χ3v) is 5.47. The van der Waals surface area contributed by atoms with E-state index in [2.05, 4.69) is 10.2 Å². The van der Waals surface area contributed by atoms with E-state index in [1.807, 2.05) is 12.1 Å². The van der Waals surface area contributed by atoms with Gasteiger partial charge in [0, 0.05) is 36.5 Å². The molecular weight excluding hydrogens is 406 g/mol. The van der Waals surface area contributed by atoms with Gasteiger partial charge in [0.1, 0.15) is 5.76 Å². The number of nitrogens with zero attached hydrogens (tertiary/aromatic N) is 2. The molecule has 0 radical (unpaired) electrons. The topological polar surface area (TPSA) is 88.6 Å². The number of nitrogens with one attached hydrogen (secondary N) is 1. The van der Waals surface area contributed by atoms with Gasteiger partial charge in [0.15, 0.2) is 5.76 Å². The summed E-state index contributed by atoms with van der Waals surface area (Å²) in [5.74, 6) is 0.211. The molecule has 4 rings (SSSR count). The Morgan fingerprint density at radius 1 is 1.13 bits per heavy atom. The molecule has 0 unspecified atom stereocenters. The van der Waals surface area contributed by atoms with Crippen molar-refractivity contribution in [2.75, 3.05) is 23.3 Å². The van der Waals surface area contributed by atoms with Gasteiger partial charge in [-0.1, -0.05) is 11.6 Å². The van der Waals surface area contributed by atoms with Gasteiger partial charge in [-0.2, -0.15) is 0 Å². The number of anilines is 2. The zero-order valence-corrected chi connectivity index (χ0v) is 17.1. The largest absolute Gasteiger partial charge is 0.451 e. The van der Waals surface area contributed by atoms with Crippen molar-refractivity contribution < 1.29 is 14.1 Å². The van der Waals surface area contributed by atoms with Gasteiger partial charge in [-0.15, -0.1) is 0 Å². The van der Waals surface area contributed by atoms with Crippen LogP contribution >= 0.6 is 11.6 Å². The molecule has 0 atom stereocenters. The van der Waals surface area contributed by atoms with Crippen LogP contribution in [0.4, 0.5) is 17.1 Å². The minimum absolute atomic E-state index is 0.00929. The molecule has 3 aromatic rings. The maximum atomic E-state index is 12.6. The zero-order chi connectivity index (χ0) is 21.3. The van der Waals surface area contributed by atoms with Crippen molar-refractivity contribution in [3.8, 4) is 11.3 Å². The summed E-state index contributed by atoms with van der Waals surface area (Å²) >= 11 is 6.41. The molecule has 1 N–H and O–H groups in total. The van der Waals surface area contributed by atoms with E-state index in [1.165, 1.54) is 12.1 Å². The fraction of sp³-hybridized carbons (Fsp3) is 0.227. The van der Waals surface area contributed by atoms with Crippen LogP contribution < -0.4 is 10.2 Å². The number of amides is 1. The summed E-state index contributed by atoms with van der Waals surface area (Å²) < 4.78 is 5.70. The lowest BCUT2D eigenvalue weighted by atomic mass is 10.1. The first-order chi connectivity index (χ1) is 14.4. The number of carbonyl (C=O) groups excluding carboxylic acids is 1. The fourth-order valence-corrected chi connectivity index (χ4v) is 3.93. The third kappa shape index (κ3) is 4.02. The lowest BCUT2D eigenvalue weighted by Gasteiger charge is -2.19. The standard InChI is InChI=1S/C22H20ClN3O4/c1-14-12-16(26(28)29)5-6-17(14)20-8-9-21(30-20)22(27)24-15-4-7-19(18(23)13-15)25-10-2-3-11-25/h4-9,12-13H,2-3,10-11H2,1H3,(H,24,27). The minimum atomic E-state index is -0.447. The van der Waals surface area contributed by atoms with Crippen molar-refractivity contribution in [3.05, 3.63) is 75.0 Å². The Kier molecular flexibility index (Phi) is 5.46. The normalized spacial score (nSPS) is 13.5. The van der Waals surface area contributed by atoms with Crippen molar-refractivity contribution in [1.29, 1.82) is 0 Å². The number of benzene rings is 2. The highest BCUT2D eigenvalue weighted by atomic mass is 35.5. The van der Waals surface area contributed by atoms with Crippen LogP contribution in [0.1, 0.15) is 29.0 Å². The van der Waals surface area contributed by atoms with Gasteiger partial charge in [0.2, 0.25) is 0 Å². The third-order valence-electron chi connectivity index (χ3n) is 5.17. The molecule has 1 aliphatic rings. The maximum Gasteiger partial charge on any atom is 0.291 e. The van der Waals surface area contributed by atoms with Crippen LogP contribution in [0.15, 0.2) is 52.9 Å². The first kappa shape index (κ1) is 20.0. The van der Waals surface area contributed by atoms with Crippen LogP contribution in [0.2, 0.25) is 5.02 Å². The van der Waals surface area contributed by atoms with E-state index in [4.69, 9.17) is 16.0 Å². The Bertz CT molecular complexity index is 1120. The van der Waals surface area contributed by atoms with E-state index in [-0.39, 0.29) is 11.4 Å². The summed E-state index contributed by atoms with van der Waals surface area (Å²) in [6.07, 6.45) is 2.31.